The van der Waals surface area contributed by atoms with Gasteiger partial charge in [-0.2, -0.15) is 5.26 Å². The van der Waals surface area contributed by atoms with E-state index in [1.165, 1.54) is 0 Å². The number of rotatable bonds is 4. The number of nitriles is 1. The highest BCUT2D eigenvalue weighted by atomic mass is 16.2. The lowest BCUT2D eigenvalue weighted by atomic mass is 10.1. The van der Waals surface area contributed by atoms with Crippen molar-refractivity contribution >= 4 is 23.2 Å². The predicted octanol–water partition coefficient (Wildman–Crippen LogP) is 2.31. The molecule has 1 aliphatic heterocycles. The molecule has 3 N–H and O–H groups in total. The molecule has 0 bridgehead atoms. The number of carbonyl (C=O) groups is 2. The van der Waals surface area contributed by atoms with Gasteiger partial charge in [-0.15, -0.1) is 0 Å². The molecule has 1 fully saturated rings. The Morgan fingerprint density at radius 3 is 2.64 bits per heavy atom. The van der Waals surface area contributed by atoms with E-state index in [4.69, 9.17) is 5.26 Å². The molecule has 1 saturated heterocycles. The van der Waals surface area contributed by atoms with E-state index in [-0.39, 0.29) is 17.9 Å². The summed E-state index contributed by atoms with van der Waals surface area (Å²) in [5.74, 6) is -0.135. The minimum Gasteiger partial charge on any atom is -0.356 e. The van der Waals surface area contributed by atoms with Gasteiger partial charge in [0.05, 0.1) is 11.6 Å². The molecule has 2 amide bonds. The van der Waals surface area contributed by atoms with Crippen molar-refractivity contribution in [3.63, 3.8) is 0 Å². The van der Waals surface area contributed by atoms with Crippen LogP contribution in [-0.4, -0.2) is 24.4 Å². The fourth-order valence-corrected chi connectivity index (χ4v) is 2.66. The molecule has 126 valence electrons. The summed E-state index contributed by atoms with van der Waals surface area (Å²) in [6.45, 7) is 0.466. The minimum atomic E-state index is -0.162. The van der Waals surface area contributed by atoms with Crippen molar-refractivity contribution < 1.29 is 9.59 Å². The van der Waals surface area contributed by atoms with Gasteiger partial charge >= 0.3 is 0 Å². The third kappa shape index (κ3) is 4.36. The summed E-state index contributed by atoms with van der Waals surface area (Å²) in [6, 6.07) is 16.3. The van der Waals surface area contributed by atoms with Crippen molar-refractivity contribution in [1.82, 2.24) is 10.6 Å². The van der Waals surface area contributed by atoms with Gasteiger partial charge < -0.3 is 16.0 Å². The molecule has 2 aromatic carbocycles. The molecule has 0 radical (unpaired) electrons. The second kappa shape index (κ2) is 7.49. The van der Waals surface area contributed by atoms with Gasteiger partial charge in [0.2, 0.25) is 5.91 Å². The van der Waals surface area contributed by atoms with E-state index in [0.29, 0.717) is 30.5 Å². The van der Waals surface area contributed by atoms with Crippen molar-refractivity contribution in [2.24, 2.45) is 0 Å². The summed E-state index contributed by atoms with van der Waals surface area (Å²) in [7, 11) is 0. The molecule has 3 rings (SSSR count). The maximum atomic E-state index is 12.4. The van der Waals surface area contributed by atoms with Crippen LogP contribution >= 0.6 is 0 Å². The van der Waals surface area contributed by atoms with Gasteiger partial charge in [0.1, 0.15) is 0 Å². The Bertz CT molecular complexity index is 814. The Balaban J connectivity index is 1.65. The molecular formula is C19H18N4O2. The van der Waals surface area contributed by atoms with E-state index in [1.54, 1.807) is 24.3 Å². The fraction of sp³-hybridized carbons (Fsp3) is 0.211. The average Bonchev–Trinajstić information content (AvgIpc) is 2.64. The predicted molar refractivity (Wildman–Crippen MR) is 94.4 cm³/mol. The molecule has 0 spiro atoms. The van der Waals surface area contributed by atoms with Crippen molar-refractivity contribution in [2.75, 3.05) is 11.9 Å². The van der Waals surface area contributed by atoms with Crippen molar-refractivity contribution in [3.05, 3.63) is 59.7 Å². The fourth-order valence-electron chi connectivity index (χ4n) is 2.66. The lowest BCUT2D eigenvalue weighted by Gasteiger charge is -2.23. The molecule has 6 heteroatoms. The van der Waals surface area contributed by atoms with E-state index in [2.05, 4.69) is 22.0 Å². The van der Waals surface area contributed by atoms with E-state index < -0.39 is 0 Å². The monoisotopic (exact) mass is 334 g/mol. The van der Waals surface area contributed by atoms with Crippen molar-refractivity contribution in [1.29, 1.82) is 5.26 Å². The first-order valence-electron chi connectivity index (χ1n) is 8.09. The Morgan fingerprint density at radius 2 is 1.96 bits per heavy atom. The summed E-state index contributed by atoms with van der Waals surface area (Å²) in [4.78, 5) is 23.6. The third-order valence-electron chi connectivity index (χ3n) is 4.03. The molecule has 1 unspecified atom stereocenters. The third-order valence-corrected chi connectivity index (χ3v) is 4.03. The molecule has 25 heavy (non-hydrogen) atoms. The van der Waals surface area contributed by atoms with Gasteiger partial charge in [0.15, 0.2) is 0 Å². The minimum absolute atomic E-state index is 0.0270. The van der Waals surface area contributed by atoms with Crippen molar-refractivity contribution in [3.8, 4) is 6.07 Å². The molecule has 6 nitrogen and oxygen atoms in total. The maximum absolute atomic E-state index is 12.4. The largest absolute Gasteiger partial charge is 0.356 e. The average molecular weight is 334 g/mol. The topological polar surface area (TPSA) is 94.0 Å². The number of anilines is 2. The first kappa shape index (κ1) is 16.5. The number of benzene rings is 2. The van der Waals surface area contributed by atoms with Crippen LogP contribution in [0.1, 0.15) is 28.8 Å². The molecule has 1 atom stereocenters. The first-order chi connectivity index (χ1) is 12.1. The smallest absolute Gasteiger partial charge is 0.251 e. The summed E-state index contributed by atoms with van der Waals surface area (Å²) >= 11 is 0. The highest BCUT2D eigenvalue weighted by Crippen LogP contribution is 2.18. The van der Waals surface area contributed by atoms with Gasteiger partial charge in [-0.1, -0.05) is 6.07 Å². The lowest BCUT2D eigenvalue weighted by molar-refractivity contribution is -0.122. The maximum Gasteiger partial charge on any atom is 0.251 e. The number of nitrogens with zero attached hydrogens (tertiary/aromatic N) is 1. The molecule has 0 aliphatic carbocycles. The standard InChI is InChI=1S/C19H18N4O2/c20-11-13-4-6-15(7-5-13)22-16-3-1-2-14(10-16)19(25)23-17-8-9-18(24)21-12-17/h1-7,10,17,22H,8-9,12H2,(H,21,24)(H,23,25). The van der Waals surface area contributed by atoms with Crippen molar-refractivity contribution in [2.45, 2.75) is 18.9 Å². The highest BCUT2D eigenvalue weighted by molar-refractivity contribution is 5.95. The zero-order valence-electron chi connectivity index (χ0n) is 13.6. The summed E-state index contributed by atoms with van der Waals surface area (Å²) in [5, 5.41) is 17.7. The van der Waals surface area contributed by atoms with Crippen LogP contribution in [0.15, 0.2) is 48.5 Å². The van der Waals surface area contributed by atoms with Gasteiger partial charge in [-0.3, -0.25) is 9.59 Å². The zero-order valence-corrected chi connectivity index (χ0v) is 13.6. The van der Waals surface area contributed by atoms with Crippen LogP contribution in [-0.2, 0) is 4.79 Å². The number of piperidine rings is 1. The van der Waals surface area contributed by atoms with Crippen LogP contribution in [0.4, 0.5) is 11.4 Å². The van der Waals surface area contributed by atoms with Crippen LogP contribution in [0, 0.1) is 11.3 Å². The van der Waals surface area contributed by atoms with Gasteiger partial charge in [-0.25, -0.2) is 0 Å². The molecule has 0 saturated carbocycles. The van der Waals surface area contributed by atoms with E-state index in [9.17, 15) is 9.59 Å². The SMILES string of the molecule is N#Cc1ccc(Nc2cccc(C(=O)NC3CCC(=O)NC3)c2)cc1. The van der Waals surface area contributed by atoms with Gasteiger partial charge in [-0.05, 0) is 48.9 Å². The van der Waals surface area contributed by atoms with Crippen LogP contribution in [0.2, 0.25) is 0 Å². The molecule has 1 aliphatic rings. The molecule has 2 aromatic rings. The number of hydrogen-bond donors (Lipinski definition) is 3. The Kier molecular flexibility index (Phi) is 4.95. The number of hydrogen-bond acceptors (Lipinski definition) is 4. The second-order valence-electron chi connectivity index (χ2n) is 5.91. The number of amides is 2. The van der Waals surface area contributed by atoms with Gasteiger partial charge in [0.25, 0.3) is 5.91 Å². The molecule has 0 aromatic heterocycles. The number of carbonyl (C=O) groups excluding carboxylic acids is 2. The Labute approximate surface area is 145 Å². The summed E-state index contributed by atoms with van der Waals surface area (Å²) in [6.07, 6.45) is 1.09. The summed E-state index contributed by atoms with van der Waals surface area (Å²) < 4.78 is 0. The highest BCUT2D eigenvalue weighted by Gasteiger charge is 2.20. The molecule has 1 heterocycles. The van der Waals surface area contributed by atoms with E-state index >= 15 is 0 Å². The second-order valence-corrected chi connectivity index (χ2v) is 5.91. The van der Waals surface area contributed by atoms with Gasteiger partial charge in [0, 0.05) is 35.9 Å². The summed E-state index contributed by atoms with van der Waals surface area (Å²) in [5.41, 5.74) is 2.77. The quantitative estimate of drug-likeness (QED) is 0.800. The zero-order chi connectivity index (χ0) is 17.6. The Hall–Kier alpha value is -3.33. The first-order valence-corrected chi connectivity index (χ1v) is 8.09. The Morgan fingerprint density at radius 1 is 1.16 bits per heavy atom. The van der Waals surface area contributed by atoms with Crippen LogP contribution < -0.4 is 16.0 Å². The normalized spacial score (nSPS) is 16.4. The van der Waals surface area contributed by atoms with E-state index in [1.807, 2.05) is 24.3 Å². The lowest BCUT2D eigenvalue weighted by Crippen LogP contribution is -2.47. The number of nitrogens with one attached hydrogen (secondary N) is 3. The van der Waals surface area contributed by atoms with Crippen LogP contribution in [0.3, 0.4) is 0 Å². The van der Waals surface area contributed by atoms with E-state index in [0.717, 1.165) is 11.4 Å². The molecular weight excluding hydrogens is 316 g/mol. The van der Waals surface area contributed by atoms with Crippen LogP contribution in [0.25, 0.3) is 0 Å². The van der Waals surface area contributed by atoms with Crippen LogP contribution in [0.5, 0.6) is 0 Å².